The Morgan fingerprint density at radius 2 is 1.78 bits per heavy atom. The zero-order valence-electron chi connectivity index (χ0n) is 9.44. The van der Waals surface area contributed by atoms with E-state index in [1.54, 1.807) is 6.20 Å². The number of nitrogens with zero attached hydrogens (tertiary/aromatic N) is 1. The van der Waals surface area contributed by atoms with Gasteiger partial charge < -0.3 is 4.98 Å². The van der Waals surface area contributed by atoms with Gasteiger partial charge in [-0.25, -0.2) is 4.98 Å². The van der Waals surface area contributed by atoms with Gasteiger partial charge in [0.25, 0.3) is 0 Å². The molecule has 4 rings (SSSR count). The molecule has 0 amide bonds. The van der Waals surface area contributed by atoms with Gasteiger partial charge in [0.1, 0.15) is 5.15 Å². The Hall–Kier alpha value is -2.06. The minimum absolute atomic E-state index is 0.555. The van der Waals surface area contributed by atoms with Crippen LogP contribution in [0.25, 0.3) is 32.6 Å². The van der Waals surface area contributed by atoms with E-state index in [1.165, 1.54) is 10.8 Å². The van der Waals surface area contributed by atoms with Crippen LogP contribution >= 0.6 is 11.6 Å². The van der Waals surface area contributed by atoms with Crippen LogP contribution in [-0.4, -0.2) is 9.97 Å². The van der Waals surface area contributed by atoms with Gasteiger partial charge in [-0.3, -0.25) is 0 Å². The Bertz CT molecular complexity index is 893. The number of hydrogen-bond acceptors (Lipinski definition) is 1. The van der Waals surface area contributed by atoms with Crippen molar-refractivity contribution >= 4 is 44.2 Å². The van der Waals surface area contributed by atoms with Crippen LogP contribution < -0.4 is 0 Å². The van der Waals surface area contributed by atoms with Crippen molar-refractivity contribution in [3.8, 4) is 0 Å². The Labute approximate surface area is 108 Å². The third-order valence-corrected chi connectivity index (χ3v) is 3.64. The van der Waals surface area contributed by atoms with E-state index in [2.05, 4.69) is 34.2 Å². The van der Waals surface area contributed by atoms with Gasteiger partial charge in [0.05, 0.1) is 0 Å². The summed E-state index contributed by atoms with van der Waals surface area (Å²) >= 11 is 6.15. The molecule has 0 saturated carbocycles. The molecule has 0 aliphatic carbocycles. The number of benzene rings is 2. The number of aromatic nitrogens is 2. The molecule has 0 aliphatic rings. The van der Waals surface area contributed by atoms with Gasteiger partial charge in [-0.05, 0) is 29.7 Å². The molecule has 0 aliphatic heterocycles. The molecule has 2 nitrogen and oxygen atoms in total. The van der Waals surface area contributed by atoms with Crippen LogP contribution in [0.1, 0.15) is 0 Å². The molecule has 18 heavy (non-hydrogen) atoms. The lowest BCUT2D eigenvalue weighted by Gasteiger charge is -2.00. The van der Waals surface area contributed by atoms with Gasteiger partial charge in [0, 0.05) is 33.4 Å². The average Bonchev–Trinajstić information content (AvgIpc) is 2.75. The first-order valence-electron chi connectivity index (χ1n) is 5.77. The molecule has 4 aromatic rings. The Kier molecular flexibility index (Phi) is 1.91. The molecule has 1 N–H and O–H groups in total. The fourth-order valence-electron chi connectivity index (χ4n) is 2.48. The van der Waals surface area contributed by atoms with Crippen molar-refractivity contribution in [2.75, 3.05) is 0 Å². The number of pyridine rings is 1. The van der Waals surface area contributed by atoms with E-state index in [0.717, 1.165) is 21.8 Å². The highest BCUT2D eigenvalue weighted by Crippen LogP contribution is 2.31. The maximum atomic E-state index is 6.15. The highest BCUT2D eigenvalue weighted by Gasteiger charge is 2.07. The Morgan fingerprint density at radius 3 is 2.72 bits per heavy atom. The number of para-hydroxylation sites is 1. The standard InChI is InChI=1S/C15H9ClN2/c16-15-11-8-12-10-3-1-2-4-13(10)18-14(12)7-9(11)5-6-17-15/h1-8,18H. The SMILES string of the molecule is Clc1nccc2cc3[nH]c4ccccc4c3cc12. The lowest BCUT2D eigenvalue weighted by atomic mass is 10.1. The van der Waals surface area contributed by atoms with Crippen LogP contribution in [0.15, 0.2) is 48.7 Å². The summed E-state index contributed by atoms with van der Waals surface area (Å²) in [6.07, 6.45) is 1.74. The summed E-state index contributed by atoms with van der Waals surface area (Å²) in [7, 11) is 0. The summed E-state index contributed by atoms with van der Waals surface area (Å²) in [4.78, 5) is 7.56. The lowest BCUT2D eigenvalue weighted by molar-refractivity contribution is 1.36. The summed E-state index contributed by atoms with van der Waals surface area (Å²) in [5.74, 6) is 0. The number of hydrogen-bond donors (Lipinski definition) is 1. The second-order valence-corrected chi connectivity index (χ2v) is 4.75. The molecule has 0 bridgehead atoms. The van der Waals surface area contributed by atoms with E-state index >= 15 is 0 Å². The van der Waals surface area contributed by atoms with Crippen molar-refractivity contribution in [1.29, 1.82) is 0 Å². The summed E-state index contributed by atoms with van der Waals surface area (Å²) in [6, 6.07) is 14.5. The fraction of sp³-hybridized carbons (Fsp3) is 0. The van der Waals surface area contributed by atoms with Crippen molar-refractivity contribution in [1.82, 2.24) is 9.97 Å². The molecule has 86 valence electrons. The molecule has 0 fully saturated rings. The second kappa shape index (κ2) is 3.47. The molecule has 0 spiro atoms. The summed E-state index contributed by atoms with van der Waals surface area (Å²) in [5.41, 5.74) is 2.28. The van der Waals surface area contributed by atoms with Gasteiger partial charge in [-0.1, -0.05) is 29.8 Å². The van der Waals surface area contributed by atoms with Gasteiger partial charge >= 0.3 is 0 Å². The third kappa shape index (κ3) is 1.27. The first kappa shape index (κ1) is 9.92. The largest absolute Gasteiger partial charge is 0.354 e. The Balaban J connectivity index is 2.28. The molecular formula is C15H9ClN2. The van der Waals surface area contributed by atoms with Crippen LogP contribution in [0.5, 0.6) is 0 Å². The van der Waals surface area contributed by atoms with Crippen LogP contribution in [0.2, 0.25) is 5.15 Å². The van der Waals surface area contributed by atoms with Crippen molar-refractivity contribution < 1.29 is 0 Å². The second-order valence-electron chi connectivity index (χ2n) is 4.39. The average molecular weight is 253 g/mol. The summed E-state index contributed by atoms with van der Waals surface area (Å²) in [5, 5.41) is 5.06. The number of halogens is 1. The van der Waals surface area contributed by atoms with E-state index in [9.17, 15) is 0 Å². The van der Waals surface area contributed by atoms with E-state index in [-0.39, 0.29) is 0 Å². The van der Waals surface area contributed by atoms with Crippen LogP contribution in [0.4, 0.5) is 0 Å². The Morgan fingerprint density at radius 1 is 0.889 bits per heavy atom. The lowest BCUT2D eigenvalue weighted by Crippen LogP contribution is -1.79. The van der Waals surface area contributed by atoms with E-state index in [4.69, 9.17) is 11.6 Å². The predicted octanol–water partition coefficient (Wildman–Crippen LogP) is 4.52. The third-order valence-electron chi connectivity index (χ3n) is 3.34. The van der Waals surface area contributed by atoms with Gasteiger partial charge in [0.2, 0.25) is 0 Å². The zero-order valence-corrected chi connectivity index (χ0v) is 10.2. The summed E-state index contributed by atoms with van der Waals surface area (Å²) < 4.78 is 0. The number of H-pyrrole nitrogens is 1. The molecule has 2 aromatic carbocycles. The maximum absolute atomic E-state index is 6.15. The molecule has 0 saturated heterocycles. The molecule has 0 unspecified atom stereocenters. The highest BCUT2D eigenvalue weighted by atomic mass is 35.5. The predicted molar refractivity (Wildman–Crippen MR) is 76.1 cm³/mol. The van der Waals surface area contributed by atoms with Gasteiger partial charge in [0.15, 0.2) is 0 Å². The minimum atomic E-state index is 0.555. The summed E-state index contributed by atoms with van der Waals surface area (Å²) in [6.45, 7) is 0. The topological polar surface area (TPSA) is 28.7 Å². The van der Waals surface area contributed by atoms with Gasteiger partial charge in [-0.15, -0.1) is 0 Å². The van der Waals surface area contributed by atoms with Crippen LogP contribution in [0, 0.1) is 0 Å². The molecule has 0 atom stereocenters. The quantitative estimate of drug-likeness (QED) is 0.458. The molecule has 2 heterocycles. The number of nitrogens with one attached hydrogen (secondary N) is 1. The fourth-order valence-corrected chi connectivity index (χ4v) is 2.70. The van der Waals surface area contributed by atoms with Crippen LogP contribution in [0.3, 0.4) is 0 Å². The van der Waals surface area contributed by atoms with Crippen molar-refractivity contribution in [2.45, 2.75) is 0 Å². The molecule has 0 radical (unpaired) electrons. The smallest absolute Gasteiger partial charge is 0.136 e. The normalized spacial score (nSPS) is 11.6. The number of fused-ring (bicyclic) bond motifs is 4. The van der Waals surface area contributed by atoms with Crippen molar-refractivity contribution in [3.63, 3.8) is 0 Å². The van der Waals surface area contributed by atoms with Gasteiger partial charge in [-0.2, -0.15) is 0 Å². The van der Waals surface area contributed by atoms with E-state index in [0.29, 0.717) is 5.15 Å². The van der Waals surface area contributed by atoms with E-state index < -0.39 is 0 Å². The minimum Gasteiger partial charge on any atom is -0.354 e. The van der Waals surface area contributed by atoms with Crippen LogP contribution in [-0.2, 0) is 0 Å². The first-order valence-corrected chi connectivity index (χ1v) is 6.15. The van der Waals surface area contributed by atoms with Crippen molar-refractivity contribution in [2.24, 2.45) is 0 Å². The maximum Gasteiger partial charge on any atom is 0.136 e. The molecular weight excluding hydrogens is 244 g/mol. The van der Waals surface area contributed by atoms with E-state index in [1.807, 2.05) is 18.2 Å². The highest BCUT2D eigenvalue weighted by molar-refractivity contribution is 6.34. The molecule has 2 aromatic heterocycles. The first-order chi connectivity index (χ1) is 8.83. The number of rotatable bonds is 0. The zero-order chi connectivity index (χ0) is 12.1. The number of aromatic amines is 1. The van der Waals surface area contributed by atoms with Crippen molar-refractivity contribution in [3.05, 3.63) is 53.8 Å². The molecule has 3 heteroatoms. The monoisotopic (exact) mass is 252 g/mol.